The van der Waals surface area contributed by atoms with E-state index >= 15 is 0 Å². The van der Waals surface area contributed by atoms with Crippen LogP contribution in [0.1, 0.15) is 19.4 Å². The first-order valence-electron chi connectivity index (χ1n) is 6.30. The Morgan fingerprint density at radius 2 is 1.95 bits per heavy atom. The Balaban J connectivity index is 2.33. The predicted molar refractivity (Wildman–Crippen MR) is 81.4 cm³/mol. The van der Waals surface area contributed by atoms with Crippen LogP contribution in [0.2, 0.25) is 5.02 Å². The van der Waals surface area contributed by atoms with Gasteiger partial charge >= 0.3 is 0 Å². The molecule has 0 aliphatic heterocycles. The molecule has 0 radical (unpaired) electrons. The molecule has 0 atom stereocenters. The Labute approximate surface area is 119 Å². The first-order chi connectivity index (χ1) is 9.09. The molecular weight excluding hydrogens is 258 g/mol. The molecule has 100 valence electrons. The Kier molecular flexibility index (Phi) is 4.27. The van der Waals surface area contributed by atoms with Gasteiger partial charge < -0.3 is 10.6 Å². The van der Waals surface area contributed by atoms with Crippen molar-refractivity contribution in [2.75, 3.05) is 10.6 Å². The van der Waals surface area contributed by atoms with Crippen molar-refractivity contribution in [3.8, 4) is 0 Å². The number of nitrogen functional groups attached to an aromatic ring is 1. The van der Waals surface area contributed by atoms with Gasteiger partial charge in [-0.1, -0.05) is 29.8 Å². The molecule has 1 aromatic carbocycles. The van der Waals surface area contributed by atoms with Crippen LogP contribution in [0.15, 0.2) is 42.6 Å². The minimum atomic E-state index is 0.284. The molecule has 2 N–H and O–H groups in total. The van der Waals surface area contributed by atoms with E-state index in [-0.39, 0.29) is 6.04 Å². The van der Waals surface area contributed by atoms with E-state index in [0.29, 0.717) is 11.6 Å². The Morgan fingerprint density at radius 3 is 2.58 bits per heavy atom. The number of halogens is 1. The highest BCUT2D eigenvalue weighted by Crippen LogP contribution is 2.27. The number of rotatable bonds is 4. The first kappa shape index (κ1) is 13.7. The van der Waals surface area contributed by atoms with Crippen LogP contribution in [0.3, 0.4) is 0 Å². The highest BCUT2D eigenvalue weighted by atomic mass is 35.5. The lowest BCUT2D eigenvalue weighted by molar-refractivity contribution is 0.673. The smallest absolute Gasteiger partial charge is 0.147 e. The fourth-order valence-corrected chi connectivity index (χ4v) is 2.18. The van der Waals surface area contributed by atoms with Gasteiger partial charge in [0.1, 0.15) is 5.82 Å². The van der Waals surface area contributed by atoms with Gasteiger partial charge in [-0.15, -0.1) is 0 Å². The number of benzene rings is 1. The lowest BCUT2D eigenvalue weighted by Gasteiger charge is -2.29. The number of para-hydroxylation sites is 1. The van der Waals surface area contributed by atoms with E-state index in [1.54, 1.807) is 6.20 Å². The normalized spacial score (nSPS) is 10.7. The number of hydrogen-bond acceptors (Lipinski definition) is 3. The molecule has 0 aliphatic rings. The standard InChI is InChI=1S/C15H18ClN3/c1-11(2)19(15-13(16)7-5-9-18-15)10-12-6-3-4-8-14(12)17/h3-9,11H,10,17H2,1-2H3. The molecule has 4 heteroatoms. The van der Waals surface area contributed by atoms with Gasteiger partial charge in [0.2, 0.25) is 0 Å². The maximum Gasteiger partial charge on any atom is 0.147 e. The summed E-state index contributed by atoms with van der Waals surface area (Å²) in [6.07, 6.45) is 1.75. The van der Waals surface area contributed by atoms with Gasteiger partial charge in [0.05, 0.1) is 5.02 Å². The number of nitrogens with zero attached hydrogens (tertiary/aromatic N) is 2. The number of anilines is 2. The molecule has 1 aromatic heterocycles. The molecule has 0 aliphatic carbocycles. The summed E-state index contributed by atoms with van der Waals surface area (Å²) in [6.45, 7) is 4.93. The van der Waals surface area contributed by atoms with E-state index in [4.69, 9.17) is 17.3 Å². The third-order valence-corrected chi connectivity index (χ3v) is 3.33. The molecule has 0 bridgehead atoms. The lowest BCUT2D eigenvalue weighted by atomic mass is 10.1. The summed E-state index contributed by atoms with van der Waals surface area (Å²) in [7, 11) is 0. The van der Waals surface area contributed by atoms with Crippen molar-refractivity contribution >= 4 is 23.1 Å². The van der Waals surface area contributed by atoms with Crippen LogP contribution in [0, 0.1) is 0 Å². The Morgan fingerprint density at radius 1 is 1.21 bits per heavy atom. The van der Waals surface area contributed by atoms with E-state index in [2.05, 4.69) is 23.7 Å². The lowest BCUT2D eigenvalue weighted by Crippen LogP contribution is -2.31. The fourth-order valence-electron chi connectivity index (χ4n) is 1.95. The van der Waals surface area contributed by atoms with Crippen molar-refractivity contribution < 1.29 is 0 Å². The minimum Gasteiger partial charge on any atom is -0.398 e. The van der Waals surface area contributed by atoms with Crippen LogP contribution in [-0.4, -0.2) is 11.0 Å². The topological polar surface area (TPSA) is 42.1 Å². The molecule has 19 heavy (non-hydrogen) atoms. The van der Waals surface area contributed by atoms with E-state index in [9.17, 15) is 0 Å². The SMILES string of the molecule is CC(C)N(Cc1ccccc1N)c1ncccc1Cl. The van der Waals surface area contributed by atoms with Crippen molar-refractivity contribution in [3.63, 3.8) is 0 Å². The molecule has 0 spiro atoms. The number of aromatic nitrogens is 1. The molecule has 0 saturated heterocycles. The molecule has 0 unspecified atom stereocenters. The zero-order valence-corrected chi connectivity index (χ0v) is 11.9. The van der Waals surface area contributed by atoms with E-state index < -0.39 is 0 Å². The Bertz CT molecular complexity index is 555. The van der Waals surface area contributed by atoms with Gasteiger partial charge in [-0.25, -0.2) is 4.98 Å². The summed E-state index contributed by atoms with van der Waals surface area (Å²) in [6, 6.07) is 11.8. The quantitative estimate of drug-likeness (QED) is 0.865. The van der Waals surface area contributed by atoms with E-state index in [0.717, 1.165) is 17.1 Å². The van der Waals surface area contributed by atoms with Crippen LogP contribution in [0.4, 0.5) is 11.5 Å². The van der Waals surface area contributed by atoms with Crippen LogP contribution < -0.4 is 10.6 Å². The molecule has 2 aromatic rings. The monoisotopic (exact) mass is 275 g/mol. The summed E-state index contributed by atoms with van der Waals surface area (Å²) >= 11 is 6.23. The average molecular weight is 276 g/mol. The highest BCUT2D eigenvalue weighted by Gasteiger charge is 2.16. The van der Waals surface area contributed by atoms with Gasteiger partial charge in [0.25, 0.3) is 0 Å². The van der Waals surface area contributed by atoms with E-state index in [1.165, 1.54) is 0 Å². The third kappa shape index (κ3) is 3.18. The van der Waals surface area contributed by atoms with Crippen LogP contribution in [0.5, 0.6) is 0 Å². The third-order valence-electron chi connectivity index (χ3n) is 3.03. The second-order valence-corrected chi connectivity index (χ2v) is 5.14. The zero-order valence-electron chi connectivity index (χ0n) is 11.2. The summed E-state index contributed by atoms with van der Waals surface area (Å²) in [5.74, 6) is 0.794. The molecular formula is C15H18ClN3. The summed E-state index contributed by atoms with van der Waals surface area (Å²) < 4.78 is 0. The van der Waals surface area contributed by atoms with Crippen molar-refractivity contribution in [3.05, 3.63) is 53.2 Å². The summed E-state index contributed by atoms with van der Waals surface area (Å²) in [5, 5.41) is 0.658. The van der Waals surface area contributed by atoms with Gasteiger partial charge in [0, 0.05) is 24.5 Å². The first-order valence-corrected chi connectivity index (χ1v) is 6.68. The molecule has 2 rings (SSSR count). The molecule has 0 fully saturated rings. The predicted octanol–water partition coefficient (Wildman–Crippen LogP) is 3.73. The summed E-state index contributed by atoms with van der Waals surface area (Å²) in [4.78, 5) is 6.53. The van der Waals surface area contributed by atoms with Crippen LogP contribution in [-0.2, 0) is 6.54 Å². The second-order valence-electron chi connectivity index (χ2n) is 4.73. The maximum absolute atomic E-state index is 6.23. The number of hydrogen-bond donors (Lipinski definition) is 1. The molecule has 1 heterocycles. The molecule has 0 saturated carbocycles. The number of pyridine rings is 1. The van der Waals surface area contributed by atoms with Crippen molar-refractivity contribution in [1.82, 2.24) is 4.98 Å². The molecule has 3 nitrogen and oxygen atoms in total. The fraction of sp³-hybridized carbons (Fsp3) is 0.267. The molecule has 0 amide bonds. The Hall–Kier alpha value is -1.74. The summed E-state index contributed by atoms with van der Waals surface area (Å²) in [5.41, 5.74) is 7.88. The van der Waals surface area contributed by atoms with Crippen molar-refractivity contribution in [1.29, 1.82) is 0 Å². The maximum atomic E-state index is 6.23. The largest absolute Gasteiger partial charge is 0.398 e. The highest BCUT2D eigenvalue weighted by molar-refractivity contribution is 6.32. The van der Waals surface area contributed by atoms with Gasteiger partial charge in [-0.2, -0.15) is 0 Å². The zero-order chi connectivity index (χ0) is 13.8. The van der Waals surface area contributed by atoms with Crippen LogP contribution in [0.25, 0.3) is 0 Å². The second kappa shape index (κ2) is 5.93. The average Bonchev–Trinajstić information content (AvgIpc) is 2.38. The minimum absolute atomic E-state index is 0.284. The van der Waals surface area contributed by atoms with Crippen LogP contribution >= 0.6 is 11.6 Å². The van der Waals surface area contributed by atoms with Gasteiger partial charge in [-0.3, -0.25) is 0 Å². The van der Waals surface area contributed by atoms with Crippen molar-refractivity contribution in [2.45, 2.75) is 26.4 Å². The number of nitrogens with two attached hydrogens (primary N) is 1. The van der Waals surface area contributed by atoms with Gasteiger partial charge in [-0.05, 0) is 37.6 Å². The van der Waals surface area contributed by atoms with E-state index in [1.807, 2.05) is 36.4 Å². The van der Waals surface area contributed by atoms with Crippen molar-refractivity contribution in [2.24, 2.45) is 0 Å². The van der Waals surface area contributed by atoms with Gasteiger partial charge in [0.15, 0.2) is 0 Å².